The van der Waals surface area contributed by atoms with Crippen LogP contribution in [0.4, 0.5) is 0 Å². The van der Waals surface area contributed by atoms with Gasteiger partial charge in [0.15, 0.2) is 23.0 Å². The number of aromatic nitrogens is 6. The number of rotatable bonds is 9. The molecule has 42 heavy (non-hydrogen) atoms. The predicted molar refractivity (Wildman–Crippen MR) is 159 cm³/mol. The number of methoxy groups -OCH3 is 4. The average molecular weight is 561 g/mol. The lowest BCUT2D eigenvalue weighted by Gasteiger charge is -2.19. The van der Waals surface area contributed by atoms with Gasteiger partial charge in [0.2, 0.25) is 0 Å². The Bertz CT molecular complexity index is 1700. The molecule has 2 heterocycles. The van der Waals surface area contributed by atoms with Crippen LogP contribution in [0.2, 0.25) is 0 Å². The van der Waals surface area contributed by atoms with Crippen LogP contribution in [0.25, 0.3) is 45.0 Å². The molecule has 0 aliphatic heterocycles. The third-order valence-corrected chi connectivity index (χ3v) is 6.87. The summed E-state index contributed by atoms with van der Waals surface area (Å²) >= 11 is 0. The fourth-order valence-corrected chi connectivity index (χ4v) is 4.83. The van der Waals surface area contributed by atoms with Crippen LogP contribution in [-0.2, 0) is 0 Å². The number of hydrogen-bond acceptors (Lipinski definition) is 8. The smallest absolute Gasteiger partial charge is 0.168 e. The fourth-order valence-electron chi connectivity index (χ4n) is 4.83. The van der Waals surface area contributed by atoms with E-state index in [1.165, 1.54) is 0 Å². The topological polar surface area (TPSA) is 98.3 Å². The number of hydrogen-bond donors (Lipinski definition) is 0. The van der Waals surface area contributed by atoms with Crippen LogP contribution in [0.15, 0.2) is 97.3 Å². The lowest BCUT2D eigenvalue weighted by atomic mass is 10.00. The van der Waals surface area contributed by atoms with Crippen molar-refractivity contribution in [2.75, 3.05) is 28.4 Å². The molecule has 0 saturated carbocycles. The summed E-state index contributed by atoms with van der Waals surface area (Å²) in [7, 11) is 6.38. The minimum atomic E-state index is 0.514. The van der Waals surface area contributed by atoms with Crippen LogP contribution in [0.3, 0.4) is 0 Å². The number of ether oxygens (including phenoxy) is 4. The van der Waals surface area contributed by atoms with Gasteiger partial charge in [-0.05, 0) is 12.1 Å². The first-order valence-corrected chi connectivity index (χ1v) is 13.1. The van der Waals surface area contributed by atoms with Crippen LogP contribution >= 0.6 is 0 Å². The summed E-state index contributed by atoms with van der Waals surface area (Å²) < 4.78 is 26.7. The second-order valence-electron chi connectivity index (χ2n) is 9.29. The third kappa shape index (κ3) is 4.90. The van der Waals surface area contributed by atoms with E-state index in [4.69, 9.17) is 18.9 Å². The molecular formula is C32H28N6O4. The van der Waals surface area contributed by atoms with Gasteiger partial charge in [0, 0.05) is 34.4 Å². The van der Waals surface area contributed by atoms with E-state index < -0.39 is 0 Å². The molecule has 210 valence electrons. The van der Waals surface area contributed by atoms with Crippen LogP contribution in [0.1, 0.15) is 0 Å². The highest BCUT2D eigenvalue weighted by molar-refractivity contribution is 5.84. The summed E-state index contributed by atoms with van der Waals surface area (Å²) in [6, 6.07) is 27.3. The van der Waals surface area contributed by atoms with Gasteiger partial charge in [-0.25, -0.2) is 9.36 Å². The first-order valence-electron chi connectivity index (χ1n) is 13.1. The highest BCUT2D eigenvalue weighted by Gasteiger charge is 2.23. The highest BCUT2D eigenvalue weighted by atomic mass is 16.5. The molecule has 0 spiro atoms. The zero-order valence-electron chi connectivity index (χ0n) is 23.6. The maximum absolute atomic E-state index is 5.87. The van der Waals surface area contributed by atoms with Crippen LogP contribution in [-0.4, -0.2) is 58.4 Å². The molecule has 0 atom stereocenters. The van der Waals surface area contributed by atoms with Crippen molar-refractivity contribution in [1.82, 2.24) is 30.0 Å². The molecule has 0 aliphatic carbocycles. The molecular weight excluding hydrogens is 532 g/mol. The monoisotopic (exact) mass is 560 g/mol. The standard InChI is InChI=1S/C32H28N6O4/c1-39-29-17-23(37-19-27(33-35-37)21-11-7-5-8-12-21)15-25(31(29)41-3)26-16-24(18-30(40-2)32(26)42-4)38-20-28(34-36-38)22-13-9-6-10-14-22/h5-20H,1-4H3. The second kappa shape index (κ2) is 11.5. The molecule has 10 nitrogen and oxygen atoms in total. The molecule has 0 amide bonds. The van der Waals surface area contributed by atoms with E-state index in [9.17, 15) is 0 Å². The Morgan fingerprint density at radius 1 is 0.500 bits per heavy atom. The number of nitrogens with zero attached hydrogens (tertiary/aromatic N) is 6. The van der Waals surface area contributed by atoms with E-state index >= 15 is 0 Å². The normalized spacial score (nSPS) is 10.9. The SMILES string of the molecule is COc1cc(-n2cc(-c3ccccc3)nn2)cc(-c2cc(-n3cc(-c4ccccc4)nn3)cc(OC)c2OC)c1OC. The lowest BCUT2D eigenvalue weighted by Crippen LogP contribution is -2.03. The van der Waals surface area contributed by atoms with Gasteiger partial charge in [0.25, 0.3) is 0 Å². The van der Waals surface area contributed by atoms with Gasteiger partial charge in [-0.2, -0.15) is 0 Å². The Balaban J connectivity index is 1.51. The van der Waals surface area contributed by atoms with Gasteiger partial charge in [-0.1, -0.05) is 71.1 Å². The lowest BCUT2D eigenvalue weighted by molar-refractivity contribution is 0.351. The molecule has 0 aliphatic rings. The molecule has 6 rings (SSSR count). The van der Waals surface area contributed by atoms with Gasteiger partial charge in [-0.15, -0.1) is 10.2 Å². The Hall–Kier alpha value is -5.64. The van der Waals surface area contributed by atoms with Gasteiger partial charge in [0.1, 0.15) is 11.4 Å². The van der Waals surface area contributed by atoms with E-state index in [0.29, 0.717) is 34.1 Å². The van der Waals surface area contributed by atoms with Crippen LogP contribution in [0.5, 0.6) is 23.0 Å². The van der Waals surface area contributed by atoms with Gasteiger partial charge in [-0.3, -0.25) is 0 Å². The molecule has 0 radical (unpaired) electrons. The van der Waals surface area contributed by atoms with Crippen molar-refractivity contribution in [3.63, 3.8) is 0 Å². The molecule has 0 fully saturated rings. The summed E-state index contributed by atoms with van der Waals surface area (Å²) in [5.74, 6) is 2.07. The molecule has 6 aromatic rings. The maximum Gasteiger partial charge on any atom is 0.168 e. The van der Waals surface area contributed by atoms with E-state index in [1.807, 2.05) is 97.3 Å². The quantitative estimate of drug-likeness (QED) is 0.216. The largest absolute Gasteiger partial charge is 0.493 e. The van der Waals surface area contributed by atoms with Crippen molar-refractivity contribution in [2.45, 2.75) is 0 Å². The molecule has 4 aromatic carbocycles. The van der Waals surface area contributed by atoms with E-state index in [0.717, 1.165) is 33.9 Å². The van der Waals surface area contributed by atoms with Gasteiger partial charge in [0.05, 0.1) is 52.2 Å². The Labute approximate surface area is 242 Å². The summed E-state index contributed by atoms with van der Waals surface area (Å²) in [5, 5.41) is 17.6. The van der Waals surface area contributed by atoms with Crippen LogP contribution in [0, 0.1) is 0 Å². The van der Waals surface area contributed by atoms with Crippen molar-refractivity contribution >= 4 is 0 Å². The van der Waals surface area contributed by atoms with Gasteiger partial charge >= 0.3 is 0 Å². The first-order chi connectivity index (χ1) is 20.6. The van der Waals surface area contributed by atoms with E-state index in [-0.39, 0.29) is 0 Å². The summed E-state index contributed by atoms with van der Waals surface area (Å²) in [4.78, 5) is 0. The second-order valence-corrected chi connectivity index (χ2v) is 9.29. The van der Waals surface area contributed by atoms with Crippen molar-refractivity contribution in [2.24, 2.45) is 0 Å². The Morgan fingerprint density at radius 2 is 0.905 bits per heavy atom. The van der Waals surface area contributed by atoms with Crippen LogP contribution < -0.4 is 18.9 Å². The molecule has 0 unspecified atom stereocenters. The first kappa shape index (κ1) is 26.6. The van der Waals surface area contributed by atoms with Crippen molar-refractivity contribution in [3.05, 3.63) is 97.3 Å². The summed E-state index contributed by atoms with van der Waals surface area (Å²) in [6.45, 7) is 0. The molecule has 0 N–H and O–H groups in total. The minimum absolute atomic E-state index is 0.514. The predicted octanol–water partition coefficient (Wildman–Crippen LogP) is 5.88. The number of benzene rings is 4. The zero-order chi connectivity index (χ0) is 29.1. The molecule has 10 heteroatoms. The summed E-state index contributed by atoms with van der Waals surface area (Å²) in [5.41, 5.74) is 6.25. The zero-order valence-corrected chi connectivity index (χ0v) is 23.6. The van der Waals surface area contributed by atoms with Crippen molar-refractivity contribution in [1.29, 1.82) is 0 Å². The minimum Gasteiger partial charge on any atom is -0.493 e. The Morgan fingerprint density at radius 3 is 1.26 bits per heavy atom. The highest BCUT2D eigenvalue weighted by Crippen LogP contribution is 2.47. The van der Waals surface area contributed by atoms with E-state index in [2.05, 4.69) is 20.6 Å². The van der Waals surface area contributed by atoms with Crippen molar-refractivity contribution in [3.8, 4) is 68.0 Å². The third-order valence-electron chi connectivity index (χ3n) is 6.87. The van der Waals surface area contributed by atoms with Gasteiger partial charge < -0.3 is 18.9 Å². The maximum atomic E-state index is 5.87. The Kier molecular flexibility index (Phi) is 7.25. The van der Waals surface area contributed by atoms with Crippen molar-refractivity contribution < 1.29 is 18.9 Å². The molecule has 2 aromatic heterocycles. The summed E-state index contributed by atoms with van der Waals surface area (Å²) in [6.07, 6.45) is 3.74. The molecule has 0 saturated heterocycles. The fraction of sp³-hybridized carbons (Fsp3) is 0.125. The van der Waals surface area contributed by atoms with E-state index in [1.54, 1.807) is 37.8 Å². The molecule has 0 bridgehead atoms. The average Bonchev–Trinajstić information content (AvgIpc) is 3.75.